The molecular weight excluding hydrogens is 188 g/mol. The molecule has 3 heteroatoms. The number of morpholine rings is 1. The minimum Gasteiger partial charge on any atom is -0.378 e. The van der Waals surface area contributed by atoms with Crippen molar-refractivity contribution >= 4 is 0 Å². The fourth-order valence-corrected chi connectivity index (χ4v) is 1.95. The second kappa shape index (κ2) is 5.64. The van der Waals surface area contributed by atoms with Crippen molar-refractivity contribution in [2.24, 2.45) is 0 Å². The van der Waals surface area contributed by atoms with Gasteiger partial charge >= 0.3 is 0 Å². The third-order valence-electron chi connectivity index (χ3n) is 3.14. The highest BCUT2D eigenvalue weighted by atomic mass is 16.5. The molecule has 0 spiro atoms. The van der Waals surface area contributed by atoms with E-state index in [0.717, 1.165) is 38.9 Å². The van der Waals surface area contributed by atoms with Crippen LogP contribution in [-0.2, 0) is 4.74 Å². The molecule has 1 N–H and O–H groups in total. The number of hydrogen-bond donors (Lipinski definition) is 1. The van der Waals surface area contributed by atoms with Gasteiger partial charge in [0.15, 0.2) is 0 Å². The zero-order chi connectivity index (χ0) is 10.5. The van der Waals surface area contributed by atoms with Crippen LogP contribution in [0.3, 0.4) is 0 Å². The van der Waals surface area contributed by atoms with Crippen LogP contribution in [0.4, 0.5) is 0 Å². The first-order valence-corrected chi connectivity index (χ1v) is 6.06. The maximum absolute atomic E-state index is 5.54. The molecular formula is C12H22N2O. The summed E-state index contributed by atoms with van der Waals surface area (Å²) in [5, 5.41) is 3.59. The highest BCUT2D eigenvalue weighted by Gasteiger charge is 2.26. The lowest BCUT2D eigenvalue weighted by Gasteiger charge is -2.35. The number of nitrogens with one attached hydrogen (secondary N) is 1. The highest BCUT2D eigenvalue weighted by molar-refractivity contribution is 4.89. The molecule has 2 rings (SSSR count). The van der Waals surface area contributed by atoms with Crippen molar-refractivity contribution in [2.75, 3.05) is 32.8 Å². The first kappa shape index (κ1) is 11.1. The Kier molecular flexibility index (Phi) is 4.18. The Morgan fingerprint density at radius 1 is 1.47 bits per heavy atom. The van der Waals surface area contributed by atoms with Gasteiger partial charge in [-0.3, -0.25) is 4.90 Å². The summed E-state index contributed by atoms with van der Waals surface area (Å²) in [7, 11) is 0. The van der Waals surface area contributed by atoms with Crippen molar-refractivity contribution in [1.29, 1.82) is 0 Å². The van der Waals surface area contributed by atoms with E-state index in [1.165, 1.54) is 12.8 Å². The van der Waals surface area contributed by atoms with Crippen LogP contribution in [0.5, 0.6) is 0 Å². The van der Waals surface area contributed by atoms with Gasteiger partial charge in [-0.1, -0.05) is 12.2 Å². The molecule has 1 saturated heterocycles. The Hall–Kier alpha value is -0.380. The van der Waals surface area contributed by atoms with Crippen LogP contribution in [0.1, 0.15) is 19.8 Å². The first-order chi connectivity index (χ1) is 7.40. The average molecular weight is 210 g/mol. The quantitative estimate of drug-likeness (QED) is 0.686. The molecule has 2 aliphatic rings. The monoisotopic (exact) mass is 210 g/mol. The first-order valence-electron chi connectivity index (χ1n) is 6.06. The van der Waals surface area contributed by atoms with E-state index < -0.39 is 0 Å². The zero-order valence-corrected chi connectivity index (χ0v) is 9.61. The van der Waals surface area contributed by atoms with Gasteiger partial charge in [0.05, 0.1) is 13.2 Å². The molecule has 0 aromatic heterocycles. The molecule has 86 valence electrons. The van der Waals surface area contributed by atoms with E-state index in [1.54, 1.807) is 0 Å². The standard InChI is InChI=1S/C12H22N2O/c1-2-3-6-14-7-8-15-10-12(14)9-13-11-4-5-11/h2-3,11-13H,4-10H2,1H3/b3-2+. The topological polar surface area (TPSA) is 24.5 Å². The Balaban J connectivity index is 1.75. The van der Waals surface area contributed by atoms with Crippen molar-refractivity contribution in [2.45, 2.75) is 31.8 Å². The van der Waals surface area contributed by atoms with Gasteiger partial charge in [-0.15, -0.1) is 0 Å². The van der Waals surface area contributed by atoms with Crippen LogP contribution in [0.25, 0.3) is 0 Å². The molecule has 0 aromatic rings. The Morgan fingerprint density at radius 3 is 3.07 bits per heavy atom. The molecule has 2 fully saturated rings. The molecule has 1 saturated carbocycles. The Morgan fingerprint density at radius 2 is 2.33 bits per heavy atom. The summed E-state index contributed by atoms with van der Waals surface area (Å²) in [5.41, 5.74) is 0. The fraction of sp³-hybridized carbons (Fsp3) is 0.833. The molecule has 1 heterocycles. The van der Waals surface area contributed by atoms with Gasteiger partial charge < -0.3 is 10.1 Å². The van der Waals surface area contributed by atoms with E-state index in [0.29, 0.717) is 6.04 Å². The van der Waals surface area contributed by atoms with Gasteiger partial charge in [0.25, 0.3) is 0 Å². The summed E-state index contributed by atoms with van der Waals surface area (Å²) in [6, 6.07) is 1.37. The lowest BCUT2D eigenvalue weighted by molar-refractivity contribution is -0.00115. The van der Waals surface area contributed by atoms with E-state index in [1.807, 2.05) is 0 Å². The van der Waals surface area contributed by atoms with Crippen LogP contribution >= 0.6 is 0 Å². The summed E-state index contributed by atoms with van der Waals surface area (Å²) < 4.78 is 5.54. The smallest absolute Gasteiger partial charge is 0.0635 e. The number of hydrogen-bond acceptors (Lipinski definition) is 3. The zero-order valence-electron chi connectivity index (χ0n) is 9.61. The van der Waals surface area contributed by atoms with E-state index in [9.17, 15) is 0 Å². The summed E-state index contributed by atoms with van der Waals surface area (Å²) in [5.74, 6) is 0. The van der Waals surface area contributed by atoms with Crippen LogP contribution in [0.2, 0.25) is 0 Å². The van der Waals surface area contributed by atoms with Crippen LogP contribution in [-0.4, -0.2) is 49.8 Å². The normalized spacial score (nSPS) is 28.7. The average Bonchev–Trinajstić information content (AvgIpc) is 3.08. The molecule has 0 amide bonds. The number of rotatable bonds is 5. The molecule has 1 unspecified atom stereocenters. The largest absolute Gasteiger partial charge is 0.378 e. The minimum absolute atomic E-state index is 0.565. The molecule has 1 aliphatic heterocycles. The van der Waals surface area contributed by atoms with Crippen molar-refractivity contribution in [3.05, 3.63) is 12.2 Å². The lowest BCUT2D eigenvalue weighted by Crippen LogP contribution is -2.50. The van der Waals surface area contributed by atoms with Gasteiger partial charge in [0.2, 0.25) is 0 Å². The minimum atomic E-state index is 0.565. The van der Waals surface area contributed by atoms with Crippen molar-refractivity contribution in [1.82, 2.24) is 10.2 Å². The van der Waals surface area contributed by atoms with Crippen molar-refractivity contribution in [3.8, 4) is 0 Å². The molecule has 3 nitrogen and oxygen atoms in total. The Bertz CT molecular complexity index is 214. The molecule has 1 atom stereocenters. The summed E-state index contributed by atoms with van der Waals surface area (Å²) in [4.78, 5) is 2.51. The third kappa shape index (κ3) is 3.59. The molecule has 0 aromatic carbocycles. The predicted octanol–water partition coefficient (Wildman–Crippen LogP) is 1.02. The molecule has 1 aliphatic carbocycles. The summed E-state index contributed by atoms with van der Waals surface area (Å²) in [6.45, 7) is 7.08. The summed E-state index contributed by atoms with van der Waals surface area (Å²) in [6.07, 6.45) is 7.08. The summed E-state index contributed by atoms with van der Waals surface area (Å²) >= 11 is 0. The second-order valence-electron chi connectivity index (χ2n) is 4.48. The Labute approximate surface area is 92.5 Å². The lowest BCUT2D eigenvalue weighted by atomic mass is 10.2. The van der Waals surface area contributed by atoms with E-state index in [2.05, 4.69) is 29.3 Å². The predicted molar refractivity (Wildman–Crippen MR) is 62.0 cm³/mol. The second-order valence-corrected chi connectivity index (χ2v) is 4.48. The van der Waals surface area contributed by atoms with Gasteiger partial charge in [-0.05, 0) is 19.8 Å². The number of ether oxygens (including phenoxy) is 1. The van der Waals surface area contributed by atoms with Gasteiger partial charge in [0.1, 0.15) is 0 Å². The molecule has 0 bridgehead atoms. The SMILES string of the molecule is C/C=C/CN1CCOCC1CNC1CC1. The van der Waals surface area contributed by atoms with Crippen LogP contribution in [0, 0.1) is 0 Å². The highest BCUT2D eigenvalue weighted by Crippen LogP contribution is 2.19. The molecule has 0 radical (unpaired) electrons. The van der Waals surface area contributed by atoms with Crippen LogP contribution < -0.4 is 5.32 Å². The van der Waals surface area contributed by atoms with E-state index in [4.69, 9.17) is 4.74 Å². The maximum Gasteiger partial charge on any atom is 0.0635 e. The maximum atomic E-state index is 5.54. The van der Waals surface area contributed by atoms with Crippen molar-refractivity contribution in [3.63, 3.8) is 0 Å². The number of nitrogens with zero attached hydrogens (tertiary/aromatic N) is 1. The fourth-order valence-electron chi connectivity index (χ4n) is 1.95. The van der Waals surface area contributed by atoms with Crippen molar-refractivity contribution < 1.29 is 4.74 Å². The van der Waals surface area contributed by atoms with Crippen LogP contribution in [0.15, 0.2) is 12.2 Å². The van der Waals surface area contributed by atoms with Gasteiger partial charge in [0, 0.05) is 31.7 Å². The van der Waals surface area contributed by atoms with Gasteiger partial charge in [-0.25, -0.2) is 0 Å². The number of allylic oxidation sites excluding steroid dienone is 1. The molecule has 15 heavy (non-hydrogen) atoms. The van der Waals surface area contributed by atoms with E-state index >= 15 is 0 Å². The van der Waals surface area contributed by atoms with Gasteiger partial charge in [-0.2, -0.15) is 0 Å². The van der Waals surface area contributed by atoms with E-state index in [-0.39, 0.29) is 0 Å². The third-order valence-corrected chi connectivity index (χ3v) is 3.14.